The molecule has 0 atom stereocenters. The van der Waals surface area contributed by atoms with Gasteiger partial charge < -0.3 is 5.32 Å². The number of nitrogens with zero attached hydrogens (tertiary/aromatic N) is 2. The largest absolute Gasteiger partial charge is 0.308 e. The molecule has 1 aromatic heterocycles. The molecule has 0 aromatic carbocycles. The lowest BCUT2D eigenvalue weighted by atomic mass is 9.83. The smallest absolute Gasteiger partial charge is 0.142 e. The second-order valence-electron chi connectivity index (χ2n) is 4.56. The fraction of sp³-hybridized carbons (Fsp3) is 0.667. The summed E-state index contributed by atoms with van der Waals surface area (Å²) < 4.78 is 0. The highest BCUT2D eigenvalue weighted by Crippen LogP contribution is 2.34. The van der Waals surface area contributed by atoms with Crippen molar-refractivity contribution in [2.24, 2.45) is 0 Å². The van der Waals surface area contributed by atoms with Crippen molar-refractivity contribution in [3.63, 3.8) is 0 Å². The van der Waals surface area contributed by atoms with Crippen molar-refractivity contribution in [3.05, 3.63) is 23.8 Å². The fourth-order valence-corrected chi connectivity index (χ4v) is 1.73. The van der Waals surface area contributed by atoms with Gasteiger partial charge in [0.25, 0.3) is 0 Å². The number of aromatic nitrogens is 2. The quantitative estimate of drug-likeness (QED) is 0.819. The summed E-state index contributed by atoms with van der Waals surface area (Å²) in [5.41, 5.74) is 1.23. The second kappa shape index (κ2) is 4.71. The van der Waals surface area contributed by atoms with Gasteiger partial charge in [0, 0.05) is 23.9 Å². The van der Waals surface area contributed by atoms with E-state index in [0.717, 1.165) is 12.4 Å². The average molecular weight is 205 g/mol. The van der Waals surface area contributed by atoms with Gasteiger partial charge in [-0.05, 0) is 18.9 Å². The molecule has 82 valence electrons. The molecule has 1 saturated carbocycles. The van der Waals surface area contributed by atoms with Gasteiger partial charge in [-0.25, -0.2) is 9.97 Å². The van der Waals surface area contributed by atoms with Crippen molar-refractivity contribution in [1.82, 2.24) is 15.3 Å². The summed E-state index contributed by atoms with van der Waals surface area (Å²) in [5.74, 6) is 1.62. The predicted octanol–water partition coefficient (Wildman–Crippen LogP) is 2.24. The van der Waals surface area contributed by atoms with E-state index in [1.165, 1.54) is 25.0 Å². The highest BCUT2D eigenvalue weighted by atomic mass is 15.0. The molecule has 3 heteroatoms. The lowest BCUT2D eigenvalue weighted by Gasteiger charge is -2.24. The monoisotopic (exact) mass is 205 g/mol. The van der Waals surface area contributed by atoms with Crippen LogP contribution in [0.25, 0.3) is 0 Å². The molecule has 1 aliphatic rings. The predicted molar refractivity (Wildman–Crippen MR) is 60.6 cm³/mol. The maximum Gasteiger partial charge on any atom is 0.142 e. The lowest BCUT2D eigenvalue weighted by molar-refractivity contribution is 0.408. The molecule has 3 nitrogen and oxygen atoms in total. The third kappa shape index (κ3) is 2.75. The van der Waals surface area contributed by atoms with Gasteiger partial charge in [-0.3, -0.25) is 0 Å². The van der Waals surface area contributed by atoms with E-state index < -0.39 is 0 Å². The van der Waals surface area contributed by atoms with Crippen LogP contribution in [0, 0.1) is 0 Å². The Hall–Kier alpha value is -0.960. The van der Waals surface area contributed by atoms with Crippen LogP contribution in [0.3, 0.4) is 0 Å². The summed E-state index contributed by atoms with van der Waals surface area (Å²) in [6.07, 6.45) is 5.84. The number of hydrogen-bond acceptors (Lipinski definition) is 3. The standard InChI is InChI=1S/C12H19N3/c1-9(2)14-8-12-13-7-6-11(15-12)10-4-3-5-10/h6-7,9-10,14H,3-5,8H2,1-2H3. The summed E-state index contributed by atoms with van der Waals surface area (Å²) in [7, 11) is 0. The van der Waals surface area contributed by atoms with Crippen LogP contribution in [-0.2, 0) is 6.54 Å². The maximum atomic E-state index is 4.59. The van der Waals surface area contributed by atoms with Crippen molar-refractivity contribution in [2.45, 2.75) is 51.6 Å². The molecule has 15 heavy (non-hydrogen) atoms. The van der Waals surface area contributed by atoms with E-state index in [9.17, 15) is 0 Å². The van der Waals surface area contributed by atoms with E-state index in [1.807, 2.05) is 6.20 Å². The first-order valence-corrected chi connectivity index (χ1v) is 5.81. The van der Waals surface area contributed by atoms with Gasteiger partial charge in [-0.1, -0.05) is 20.3 Å². The van der Waals surface area contributed by atoms with Crippen LogP contribution in [0.5, 0.6) is 0 Å². The van der Waals surface area contributed by atoms with E-state index in [4.69, 9.17) is 0 Å². The SMILES string of the molecule is CC(C)NCc1nccc(C2CCC2)n1. The number of rotatable bonds is 4. The minimum atomic E-state index is 0.487. The molecular weight excluding hydrogens is 186 g/mol. The summed E-state index contributed by atoms with van der Waals surface area (Å²) in [4.78, 5) is 8.87. The topological polar surface area (TPSA) is 37.8 Å². The third-order valence-corrected chi connectivity index (χ3v) is 2.92. The molecular formula is C12H19N3. The van der Waals surface area contributed by atoms with Crippen molar-refractivity contribution >= 4 is 0 Å². The normalized spacial score (nSPS) is 16.7. The van der Waals surface area contributed by atoms with Crippen LogP contribution in [0.1, 0.15) is 50.5 Å². The Labute approximate surface area is 91.3 Å². The van der Waals surface area contributed by atoms with Crippen LogP contribution in [0.4, 0.5) is 0 Å². The minimum absolute atomic E-state index is 0.487. The average Bonchev–Trinajstić information content (AvgIpc) is 2.13. The van der Waals surface area contributed by atoms with Crippen LogP contribution in [0.15, 0.2) is 12.3 Å². The molecule has 0 saturated heterocycles. The third-order valence-electron chi connectivity index (χ3n) is 2.92. The van der Waals surface area contributed by atoms with Gasteiger partial charge in [0.2, 0.25) is 0 Å². The lowest BCUT2D eigenvalue weighted by Crippen LogP contribution is -2.23. The Balaban J connectivity index is 1.98. The number of hydrogen-bond donors (Lipinski definition) is 1. The Bertz CT molecular complexity index is 318. The summed E-state index contributed by atoms with van der Waals surface area (Å²) in [6.45, 7) is 5.05. The van der Waals surface area contributed by atoms with Crippen LogP contribution in [0.2, 0.25) is 0 Å². The van der Waals surface area contributed by atoms with Gasteiger partial charge in [0.15, 0.2) is 0 Å². The molecule has 1 aromatic rings. The molecule has 0 bridgehead atoms. The first-order valence-electron chi connectivity index (χ1n) is 5.81. The zero-order valence-corrected chi connectivity index (χ0v) is 9.53. The van der Waals surface area contributed by atoms with Crippen LogP contribution in [-0.4, -0.2) is 16.0 Å². The van der Waals surface area contributed by atoms with Crippen LogP contribution >= 0.6 is 0 Å². The molecule has 0 radical (unpaired) electrons. The second-order valence-corrected chi connectivity index (χ2v) is 4.56. The van der Waals surface area contributed by atoms with E-state index in [0.29, 0.717) is 12.0 Å². The van der Waals surface area contributed by atoms with E-state index in [-0.39, 0.29) is 0 Å². The maximum absolute atomic E-state index is 4.59. The van der Waals surface area contributed by atoms with Gasteiger partial charge in [-0.15, -0.1) is 0 Å². The van der Waals surface area contributed by atoms with Gasteiger partial charge in [0.1, 0.15) is 5.82 Å². The molecule has 1 aliphatic carbocycles. The Morgan fingerprint density at radius 2 is 2.27 bits per heavy atom. The van der Waals surface area contributed by atoms with Crippen molar-refractivity contribution in [3.8, 4) is 0 Å². The zero-order chi connectivity index (χ0) is 10.7. The minimum Gasteiger partial charge on any atom is -0.308 e. The molecule has 1 N–H and O–H groups in total. The Morgan fingerprint density at radius 1 is 1.47 bits per heavy atom. The Morgan fingerprint density at radius 3 is 2.87 bits per heavy atom. The van der Waals surface area contributed by atoms with Gasteiger partial charge in [-0.2, -0.15) is 0 Å². The first kappa shape index (κ1) is 10.6. The van der Waals surface area contributed by atoms with Crippen molar-refractivity contribution in [2.75, 3.05) is 0 Å². The molecule has 0 spiro atoms. The highest BCUT2D eigenvalue weighted by Gasteiger charge is 2.20. The molecule has 2 rings (SSSR count). The number of nitrogens with one attached hydrogen (secondary N) is 1. The molecule has 0 aliphatic heterocycles. The summed E-state index contributed by atoms with van der Waals surface area (Å²) >= 11 is 0. The first-order chi connectivity index (χ1) is 7.25. The van der Waals surface area contributed by atoms with Gasteiger partial charge >= 0.3 is 0 Å². The molecule has 0 amide bonds. The zero-order valence-electron chi connectivity index (χ0n) is 9.53. The van der Waals surface area contributed by atoms with Crippen molar-refractivity contribution < 1.29 is 0 Å². The van der Waals surface area contributed by atoms with Gasteiger partial charge in [0.05, 0.1) is 6.54 Å². The van der Waals surface area contributed by atoms with E-state index in [1.54, 1.807) is 0 Å². The summed E-state index contributed by atoms with van der Waals surface area (Å²) in [5, 5.41) is 3.34. The highest BCUT2D eigenvalue weighted by molar-refractivity contribution is 5.11. The Kier molecular flexibility index (Phi) is 3.31. The fourth-order valence-electron chi connectivity index (χ4n) is 1.73. The molecule has 0 unspecified atom stereocenters. The van der Waals surface area contributed by atoms with E-state index in [2.05, 4.69) is 35.2 Å². The summed E-state index contributed by atoms with van der Waals surface area (Å²) in [6, 6.07) is 2.55. The molecule has 1 fully saturated rings. The van der Waals surface area contributed by atoms with Crippen LogP contribution < -0.4 is 5.32 Å². The van der Waals surface area contributed by atoms with E-state index >= 15 is 0 Å². The molecule has 1 heterocycles. The van der Waals surface area contributed by atoms with Crippen molar-refractivity contribution in [1.29, 1.82) is 0 Å².